The molecule has 5 heteroatoms. The second-order valence-electron chi connectivity index (χ2n) is 5.93. The minimum Gasteiger partial charge on any atom is -0.444 e. The standard InChI is InChI=1S/C12H20N2O3/c1-12(2,3)17-11(16)14-6-8-4-9(7-14)10(15)13-5-8/h8-9H,4-7H2,1-3H3,(H,13,15)/t8-,9+/m1/s1. The second-order valence-corrected chi connectivity index (χ2v) is 5.93. The van der Waals surface area contributed by atoms with Crippen molar-refractivity contribution in [3.8, 4) is 0 Å². The quantitative estimate of drug-likeness (QED) is 0.687. The lowest BCUT2D eigenvalue weighted by atomic mass is 9.85. The highest BCUT2D eigenvalue weighted by Gasteiger charge is 2.38. The van der Waals surface area contributed by atoms with Crippen LogP contribution in [0, 0.1) is 11.8 Å². The summed E-state index contributed by atoms with van der Waals surface area (Å²) >= 11 is 0. The summed E-state index contributed by atoms with van der Waals surface area (Å²) < 4.78 is 5.33. The van der Waals surface area contributed by atoms with Crippen LogP contribution < -0.4 is 5.32 Å². The summed E-state index contributed by atoms with van der Waals surface area (Å²) in [5.74, 6) is 0.378. The molecule has 2 aliphatic heterocycles. The van der Waals surface area contributed by atoms with Crippen molar-refractivity contribution in [2.75, 3.05) is 19.6 Å². The monoisotopic (exact) mass is 240 g/mol. The summed E-state index contributed by atoms with van der Waals surface area (Å²) in [7, 11) is 0. The average Bonchev–Trinajstić information content (AvgIpc) is 2.21. The lowest BCUT2D eigenvalue weighted by Crippen LogP contribution is -2.55. The van der Waals surface area contributed by atoms with E-state index in [9.17, 15) is 9.59 Å². The van der Waals surface area contributed by atoms with E-state index in [1.807, 2.05) is 20.8 Å². The van der Waals surface area contributed by atoms with Crippen molar-refractivity contribution in [3.63, 3.8) is 0 Å². The van der Waals surface area contributed by atoms with Gasteiger partial charge in [0.05, 0.1) is 5.92 Å². The SMILES string of the molecule is CC(C)(C)OC(=O)N1C[C@H]2CNC(=O)[C@@H](C2)C1. The fourth-order valence-electron chi connectivity index (χ4n) is 2.41. The molecule has 5 nitrogen and oxygen atoms in total. The van der Waals surface area contributed by atoms with Crippen LogP contribution in [0.4, 0.5) is 4.79 Å². The van der Waals surface area contributed by atoms with Crippen LogP contribution in [-0.4, -0.2) is 42.1 Å². The van der Waals surface area contributed by atoms with Gasteiger partial charge >= 0.3 is 6.09 Å². The fraction of sp³-hybridized carbons (Fsp3) is 0.833. The molecular formula is C12H20N2O3. The number of carbonyl (C=O) groups is 2. The van der Waals surface area contributed by atoms with Gasteiger partial charge in [0.1, 0.15) is 5.60 Å². The average molecular weight is 240 g/mol. The third kappa shape index (κ3) is 2.90. The van der Waals surface area contributed by atoms with Crippen molar-refractivity contribution in [2.24, 2.45) is 11.8 Å². The number of nitrogens with one attached hydrogen (secondary N) is 1. The molecule has 2 rings (SSSR count). The highest BCUT2D eigenvalue weighted by Crippen LogP contribution is 2.26. The molecule has 0 radical (unpaired) electrons. The predicted octanol–water partition coefficient (Wildman–Crippen LogP) is 0.989. The molecule has 2 aliphatic rings. The van der Waals surface area contributed by atoms with E-state index >= 15 is 0 Å². The van der Waals surface area contributed by atoms with Crippen LogP contribution >= 0.6 is 0 Å². The van der Waals surface area contributed by atoms with Crippen LogP contribution in [0.3, 0.4) is 0 Å². The molecule has 0 spiro atoms. The Morgan fingerprint density at radius 3 is 2.76 bits per heavy atom. The number of hydrogen-bond acceptors (Lipinski definition) is 3. The van der Waals surface area contributed by atoms with Crippen molar-refractivity contribution in [2.45, 2.75) is 32.8 Å². The second kappa shape index (κ2) is 4.20. The maximum atomic E-state index is 11.9. The first-order valence-electron chi connectivity index (χ1n) is 6.11. The summed E-state index contributed by atoms with van der Waals surface area (Å²) in [5.41, 5.74) is -0.480. The molecule has 0 saturated carbocycles. The zero-order valence-electron chi connectivity index (χ0n) is 10.7. The first-order chi connectivity index (χ1) is 7.85. The molecule has 2 bridgehead atoms. The first kappa shape index (κ1) is 12.2. The van der Waals surface area contributed by atoms with E-state index in [1.54, 1.807) is 4.90 Å². The van der Waals surface area contributed by atoms with Gasteiger partial charge in [0, 0.05) is 19.6 Å². The summed E-state index contributed by atoms with van der Waals surface area (Å²) in [6.45, 7) is 7.39. The molecule has 0 unspecified atom stereocenters. The number of hydrogen-bond donors (Lipinski definition) is 1. The number of nitrogens with zero attached hydrogens (tertiary/aromatic N) is 1. The Balaban J connectivity index is 1.99. The normalized spacial score (nSPS) is 28.6. The molecule has 0 aromatic carbocycles. The number of carbonyl (C=O) groups excluding carboxylic acids is 2. The summed E-state index contributed by atoms with van der Waals surface area (Å²) in [6, 6.07) is 0. The zero-order chi connectivity index (χ0) is 12.6. The van der Waals surface area contributed by atoms with Gasteiger partial charge in [0.2, 0.25) is 5.91 Å². The Labute approximate surface area is 101 Å². The minimum absolute atomic E-state index is 0.0602. The summed E-state index contributed by atoms with van der Waals surface area (Å²) in [6.07, 6.45) is 0.590. The number of amides is 2. The highest BCUT2D eigenvalue weighted by molar-refractivity contribution is 5.81. The third-order valence-electron chi connectivity index (χ3n) is 3.12. The highest BCUT2D eigenvalue weighted by atomic mass is 16.6. The van der Waals surface area contributed by atoms with Crippen molar-refractivity contribution in [1.82, 2.24) is 10.2 Å². The largest absolute Gasteiger partial charge is 0.444 e. The van der Waals surface area contributed by atoms with Crippen LogP contribution in [0.5, 0.6) is 0 Å². The maximum absolute atomic E-state index is 11.9. The molecule has 0 aromatic heterocycles. The van der Waals surface area contributed by atoms with Gasteiger partial charge < -0.3 is 15.0 Å². The maximum Gasteiger partial charge on any atom is 0.410 e. The molecule has 0 aromatic rings. The van der Waals surface area contributed by atoms with E-state index in [0.29, 0.717) is 25.6 Å². The summed E-state index contributed by atoms with van der Waals surface area (Å²) in [4.78, 5) is 25.2. The van der Waals surface area contributed by atoms with Gasteiger partial charge in [-0.15, -0.1) is 0 Å². The van der Waals surface area contributed by atoms with Crippen LogP contribution in [0.25, 0.3) is 0 Å². The Morgan fingerprint density at radius 2 is 2.12 bits per heavy atom. The van der Waals surface area contributed by atoms with Gasteiger partial charge in [-0.05, 0) is 33.1 Å². The predicted molar refractivity (Wildman–Crippen MR) is 62.4 cm³/mol. The van der Waals surface area contributed by atoms with Gasteiger partial charge in [-0.1, -0.05) is 0 Å². The van der Waals surface area contributed by atoms with E-state index in [4.69, 9.17) is 4.74 Å². The van der Waals surface area contributed by atoms with Gasteiger partial charge in [0.15, 0.2) is 0 Å². The molecule has 2 heterocycles. The number of likely N-dealkylation sites (tertiary alicyclic amines) is 1. The van der Waals surface area contributed by atoms with Gasteiger partial charge in [-0.2, -0.15) is 0 Å². The van der Waals surface area contributed by atoms with Gasteiger partial charge in [0.25, 0.3) is 0 Å². The topological polar surface area (TPSA) is 58.6 Å². The first-order valence-corrected chi connectivity index (χ1v) is 6.11. The van der Waals surface area contributed by atoms with E-state index in [0.717, 1.165) is 6.42 Å². The number of ether oxygens (including phenoxy) is 1. The molecule has 2 amide bonds. The minimum atomic E-state index is -0.480. The van der Waals surface area contributed by atoms with E-state index < -0.39 is 5.60 Å². The third-order valence-corrected chi connectivity index (χ3v) is 3.12. The zero-order valence-corrected chi connectivity index (χ0v) is 10.7. The number of rotatable bonds is 0. The van der Waals surface area contributed by atoms with Crippen molar-refractivity contribution in [1.29, 1.82) is 0 Å². The summed E-state index contributed by atoms with van der Waals surface area (Å²) in [5, 5.41) is 2.87. The van der Waals surface area contributed by atoms with Crippen LogP contribution in [0.1, 0.15) is 27.2 Å². The molecule has 2 fully saturated rings. The number of piperidine rings is 2. The number of fused-ring (bicyclic) bond motifs is 2. The molecule has 1 N–H and O–H groups in total. The van der Waals surface area contributed by atoms with Gasteiger partial charge in [-0.3, -0.25) is 4.79 Å². The van der Waals surface area contributed by atoms with Crippen LogP contribution in [0.2, 0.25) is 0 Å². The fourth-order valence-corrected chi connectivity index (χ4v) is 2.41. The lowest BCUT2D eigenvalue weighted by Gasteiger charge is -2.40. The van der Waals surface area contributed by atoms with E-state index in [-0.39, 0.29) is 17.9 Å². The van der Waals surface area contributed by atoms with Crippen molar-refractivity contribution in [3.05, 3.63) is 0 Å². The van der Waals surface area contributed by atoms with Crippen molar-refractivity contribution < 1.29 is 14.3 Å². The smallest absolute Gasteiger partial charge is 0.410 e. The van der Waals surface area contributed by atoms with Gasteiger partial charge in [-0.25, -0.2) is 4.79 Å². The molecular weight excluding hydrogens is 220 g/mol. The Bertz CT molecular complexity index is 335. The molecule has 17 heavy (non-hydrogen) atoms. The molecule has 2 atom stereocenters. The molecule has 2 saturated heterocycles. The van der Waals surface area contributed by atoms with E-state index in [2.05, 4.69) is 5.32 Å². The molecule has 0 aliphatic carbocycles. The lowest BCUT2D eigenvalue weighted by molar-refractivity contribution is -0.130. The molecule has 96 valence electrons. The van der Waals surface area contributed by atoms with Crippen LogP contribution in [-0.2, 0) is 9.53 Å². The Hall–Kier alpha value is -1.26. The van der Waals surface area contributed by atoms with Crippen molar-refractivity contribution >= 4 is 12.0 Å². The van der Waals surface area contributed by atoms with E-state index in [1.165, 1.54) is 0 Å². The van der Waals surface area contributed by atoms with Crippen LogP contribution in [0.15, 0.2) is 0 Å². The Kier molecular flexibility index (Phi) is 3.02. The Morgan fingerprint density at radius 1 is 1.41 bits per heavy atom.